The van der Waals surface area contributed by atoms with Crippen molar-refractivity contribution in [3.05, 3.63) is 52.5 Å². The molecule has 2 aromatic rings. The molecule has 1 aliphatic rings. The second-order valence-electron chi connectivity index (χ2n) is 6.34. The van der Waals surface area contributed by atoms with Crippen LogP contribution < -0.4 is 5.32 Å². The molecule has 156 valence electrons. The molecule has 2 aromatic carbocycles. The maximum atomic E-state index is 12.7. The Morgan fingerprint density at radius 3 is 2.28 bits per heavy atom. The number of amides is 1. The predicted octanol–water partition coefficient (Wildman–Crippen LogP) is 4.13. The zero-order valence-electron chi connectivity index (χ0n) is 15.6. The molecule has 0 bridgehead atoms. The quantitative estimate of drug-likeness (QED) is 0.636. The first-order valence-corrected chi connectivity index (χ1v) is 12.0. The summed E-state index contributed by atoms with van der Waals surface area (Å²) in [5.74, 6) is -0.241. The number of morpholine rings is 1. The maximum absolute atomic E-state index is 12.7. The number of hydrogen-bond acceptors (Lipinski definition) is 5. The number of nitrogens with zero attached hydrogens (tertiary/aromatic N) is 1. The zero-order valence-corrected chi connectivity index (χ0v) is 18.7. The Hall–Kier alpha value is -1.29. The largest absolute Gasteiger partial charge is 0.379 e. The summed E-state index contributed by atoms with van der Waals surface area (Å²) in [5.41, 5.74) is 0.508. The van der Waals surface area contributed by atoms with E-state index in [9.17, 15) is 13.2 Å². The molecule has 0 aliphatic carbocycles. The number of rotatable bonds is 6. The highest BCUT2D eigenvalue weighted by molar-refractivity contribution is 8.00. The van der Waals surface area contributed by atoms with Gasteiger partial charge in [-0.1, -0.05) is 29.3 Å². The number of thioether (sulfide) groups is 1. The molecule has 1 saturated heterocycles. The van der Waals surface area contributed by atoms with Crippen LogP contribution in [-0.2, 0) is 19.6 Å². The van der Waals surface area contributed by atoms with E-state index in [1.165, 1.54) is 28.2 Å². The summed E-state index contributed by atoms with van der Waals surface area (Å²) in [6.07, 6.45) is 0. The summed E-state index contributed by atoms with van der Waals surface area (Å²) < 4.78 is 31.9. The van der Waals surface area contributed by atoms with Gasteiger partial charge in [-0.2, -0.15) is 4.31 Å². The highest BCUT2D eigenvalue weighted by atomic mass is 35.5. The monoisotopic (exact) mass is 474 g/mol. The van der Waals surface area contributed by atoms with Crippen LogP contribution in [0.1, 0.15) is 6.92 Å². The Bertz CT molecular complexity index is 958. The maximum Gasteiger partial charge on any atom is 0.243 e. The molecule has 1 atom stereocenters. The predicted molar refractivity (Wildman–Crippen MR) is 116 cm³/mol. The van der Waals surface area contributed by atoms with Gasteiger partial charge in [-0.15, -0.1) is 11.8 Å². The number of halogens is 2. The number of ether oxygens (including phenoxy) is 1. The van der Waals surface area contributed by atoms with Gasteiger partial charge < -0.3 is 10.1 Å². The number of nitrogens with one attached hydrogen (secondary N) is 1. The van der Waals surface area contributed by atoms with E-state index in [4.69, 9.17) is 27.9 Å². The average Bonchev–Trinajstić information content (AvgIpc) is 2.71. The Kier molecular flexibility index (Phi) is 7.47. The van der Waals surface area contributed by atoms with Crippen molar-refractivity contribution in [3.63, 3.8) is 0 Å². The van der Waals surface area contributed by atoms with E-state index in [1.807, 2.05) is 0 Å². The molecule has 1 fully saturated rings. The lowest BCUT2D eigenvalue weighted by molar-refractivity contribution is -0.115. The normalized spacial score (nSPS) is 16.4. The van der Waals surface area contributed by atoms with Crippen LogP contribution in [0.25, 0.3) is 0 Å². The summed E-state index contributed by atoms with van der Waals surface area (Å²) in [5, 5.41) is 3.30. The highest BCUT2D eigenvalue weighted by Gasteiger charge is 2.26. The fraction of sp³-hybridized carbons (Fsp3) is 0.316. The number of sulfonamides is 1. The van der Waals surface area contributed by atoms with Crippen LogP contribution in [0.3, 0.4) is 0 Å². The lowest BCUT2D eigenvalue weighted by Crippen LogP contribution is -2.40. The van der Waals surface area contributed by atoms with Crippen molar-refractivity contribution >= 4 is 56.6 Å². The fourth-order valence-electron chi connectivity index (χ4n) is 2.72. The third-order valence-corrected chi connectivity index (χ3v) is 8.32. The van der Waals surface area contributed by atoms with E-state index in [2.05, 4.69) is 5.32 Å². The number of carbonyl (C=O) groups is 1. The van der Waals surface area contributed by atoms with Crippen LogP contribution in [-0.4, -0.2) is 50.2 Å². The van der Waals surface area contributed by atoms with Gasteiger partial charge in [0, 0.05) is 23.7 Å². The van der Waals surface area contributed by atoms with Gasteiger partial charge in [-0.05, 0) is 43.3 Å². The Balaban J connectivity index is 1.65. The van der Waals surface area contributed by atoms with E-state index >= 15 is 0 Å². The first kappa shape index (κ1) is 22.4. The highest BCUT2D eigenvalue weighted by Crippen LogP contribution is 2.36. The molecular weight excluding hydrogens is 455 g/mol. The molecule has 0 spiro atoms. The smallest absolute Gasteiger partial charge is 0.243 e. The van der Waals surface area contributed by atoms with Crippen molar-refractivity contribution in [1.29, 1.82) is 0 Å². The molecule has 1 N–H and O–H groups in total. The Morgan fingerprint density at radius 1 is 1.10 bits per heavy atom. The standard InChI is InChI=1S/C19H20Cl2N2O4S2/c1-13(28-18-16(20)3-2-4-17(18)21)19(24)22-14-5-7-15(8-6-14)29(25,26)23-9-11-27-12-10-23/h2-8,13H,9-12H2,1H3,(H,22,24). The van der Waals surface area contributed by atoms with Crippen molar-refractivity contribution < 1.29 is 17.9 Å². The van der Waals surface area contributed by atoms with Crippen LogP contribution in [0.5, 0.6) is 0 Å². The van der Waals surface area contributed by atoms with Gasteiger partial charge >= 0.3 is 0 Å². The zero-order chi connectivity index (χ0) is 21.0. The van der Waals surface area contributed by atoms with Gasteiger partial charge in [-0.3, -0.25) is 4.79 Å². The summed E-state index contributed by atoms with van der Waals surface area (Å²) in [4.78, 5) is 13.3. The molecule has 6 nitrogen and oxygen atoms in total. The molecule has 1 heterocycles. The van der Waals surface area contributed by atoms with Crippen LogP contribution in [0, 0.1) is 0 Å². The summed E-state index contributed by atoms with van der Waals surface area (Å²) in [7, 11) is -3.57. The SMILES string of the molecule is CC(Sc1c(Cl)cccc1Cl)C(=O)Nc1ccc(S(=O)(=O)N2CCOCC2)cc1. The second-order valence-corrected chi connectivity index (χ2v) is 10.4. The first-order chi connectivity index (χ1) is 13.8. The lowest BCUT2D eigenvalue weighted by Gasteiger charge is -2.26. The number of anilines is 1. The lowest BCUT2D eigenvalue weighted by atomic mass is 10.3. The summed E-state index contributed by atoms with van der Waals surface area (Å²) >= 11 is 13.6. The topological polar surface area (TPSA) is 75.7 Å². The number of benzene rings is 2. The van der Waals surface area contributed by atoms with Gasteiger partial charge in [0.2, 0.25) is 15.9 Å². The van der Waals surface area contributed by atoms with E-state index in [0.717, 1.165) is 0 Å². The van der Waals surface area contributed by atoms with Crippen molar-refractivity contribution in [2.24, 2.45) is 0 Å². The average molecular weight is 475 g/mol. The molecule has 29 heavy (non-hydrogen) atoms. The molecular formula is C19H20Cl2N2O4S2. The number of hydrogen-bond donors (Lipinski definition) is 1. The van der Waals surface area contributed by atoms with E-state index in [1.54, 1.807) is 37.3 Å². The van der Waals surface area contributed by atoms with Crippen LogP contribution in [0.2, 0.25) is 10.0 Å². The molecule has 3 rings (SSSR count). The minimum absolute atomic E-state index is 0.183. The van der Waals surface area contributed by atoms with E-state index in [-0.39, 0.29) is 10.8 Å². The molecule has 1 unspecified atom stereocenters. The number of carbonyl (C=O) groups excluding carboxylic acids is 1. The van der Waals surface area contributed by atoms with Gasteiger partial charge in [-0.25, -0.2) is 8.42 Å². The van der Waals surface area contributed by atoms with Crippen molar-refractivity contribution in [2.75, 3.05) is 31.6 Å². The fourth-order valence-corrected chi connectivity index (χ4v) is 5.67. The third-order valence-electron chi connectivity index (χ3n) is 4.31. The molecule has 10 heteroatoms. The van der Waals surface area contributed by atoms with Gasteiger partial charge in [0.05, 0.1) is 33.4 Å². The van der Waals surface area contributed by atoms with Crippen molar-refractivity contribution in [3.8, 4) is 0 Å². The van der Waals surface area contributed by atoms with Crippen molar-refractivity contribution in [1.82, 2.24) is 4.31 Å². The Labute approximate surface area is 184 Å². The van der Waals surface area contributed by atoms with Crippen molar-refractivity contribution in [2.45, 2.75) is 22.0 Å². The van der Waals surface area contributed by atoms with E-state index < -0.39 is 15.3 Å². The third kappa shape index (κ3) is 5.45. The summed E-state index contributed by atoms with van der Waals surface area (Å²) in [6.45, 7) is 3.19. The minimum Gasteiger partial charge on any atom is -0.379 e. The molecule has 0 radical (unpaired) electrons. The van der Waals surface area contributed by atoms with E-state index in [0.29, 0.717) is 46.9 Å². The molecule has 0 saturated carbocycles. The summed E-state index contributed by atoms with van der Waals surface area (Å²) in [6, 6.07) is 11.3. The molecule has 1 aliphatic heterocycles. The van der Waals surface area contributed by atoms with Gasteiger partial charge in [0.15, 0.2) is 0 Å². The second kappa shape index (κ2) is 9.68. The Morgan fingerprint density at radius 2 is 1.69 bits per heavy atom. The van der Waals surface area contributed by atoms with Crippen LogP contribution in [0.15, 0.2) is 52.3 Å². The molecule has 0 aromatic heterocycles. The molecule has 1 amide bonds. The first-order valence-electron chi connectivity index (χ1n) is 8.88. The van der Waals surface area contributed by atoms with Gasteiger partial charge in [0.1, 0.15) is 0 Å². The van der Waals surface area contributed by atoms with Gasteiger partial charge in [0.25, 0.3) is 0 Å². The van der Waals surface area contributed by atoms with Crippen LogP contribution in [0.4, 0.5) is 5.69 Å². The van der Waals surface area contributed by atoms with Crippen LogP contribution >= 0.6 is 35.0 Å². The minimum atomic E-state index is -3.57.